The molecule has 5 heteroatoms. The van der Waals surface area contributed by atoms with E-state index in [1.165, 1.54) is 10.6 Å². The molecular weight excluding hydrogens is 204 g/mol. The molecule has 1 unspecified atom stereocenters. The summed E-state index contributed by atoms with van der Waals surface area (Å²) in [5.41, 5.74) is 0.646. The molecule has 1 atom stereocenters. The van der Waals surface area contributed by atoms with Crippen LogP contribution in [-0.2, 0) is 0 Å². The molecule has 2 aromatic rings. The summed E-state index contributed by atoms with van der Waals surface area (Å²) >= 11 is 0. The van der Waals surface area contributed by atoms with Gasteiger partial charge in [0.15, 0.2) is 5.65 Å². The molecule has 3 rings (SSSR count). The average molecular weight is 218 g/mol. The highest BCUT2D eigenvalue weighted by Crippen LogP contribution is 2.19. The standard InChI is InChI=1S/C11H14N4O/c16-10-5-1-4-9-13-11(14-15(9)10)8-3-2-6-12-7-8/h1,4-5,8,12H,2-3,6-7H2,(H,13,14). The zero-order valence-electron chi connectivity index (χ0n) is 8.94. The normalized spacial score (nSPS) is 21.4. The highest BCUT2D eigenvalue weighted by atomic mass is 16.1. The average Bonchev–Trinajstić information content (AvgIpc) is 2.76. The van der Waals surface area contributed by atoms with Crippen LogP contribution >= 0.6 is 0 Å². The van der Waals surface area contributed by atoms with Gasteiger partial charge in [-0.25, -0.2) is 9.50 Å². The fraction of sp³-hybridized carbons (Fsp3) is 0.455. The summed E-state index contributed by atoms with van der Waals surface area (Å²) < 4.78 is 1.50. The van der Waals surface area contributed by atoms with Crippen molar-refractivity contribution in [2.75, 3.05) is 13.1 Å². The second-order valence-electron chi connectivity index (χ2n) is 4.21. The van der Waals surface area contributed by atoms with E-state index < -0.39 is 0 Å². The third-order valence-corrected chi connectivity index (χ3v) is 3.08. The first-order chi connectivity index (χ1) is 7.84. The van der Waals surface area contributed by atoms with Gasteiger partial charge in [0.05, 0.1) is 0 Å². The quantitative estimate of drug-likeness (QED) is 0.732. The Morgan fingerprint density at radius 2 is 2.38 bits per heavy atom. The molecular formula is C11H14N4O. The molecule has 1 aliphatic rings. The molecule has 1 fully saturated rings. The van der Waals surface area contributed by atoms with E-state index in [0.717, 1.165) is 31.8 Å². The molecule has 2 N–H and O–H groups in total. The van der Waals surface area contributed by atoms with Gasteiger partial charge in [-0.2, -0.15) is 0 Å². The Hall–Kier alpha value is -1.62. The number of aromatic amines is 1. The Bertz CT molecular complexity index is 550. The number of nitrogens with zero attached hydrogens (tertiary/aromatic N) is 2. The lowest BCUT2D eigenvalue weighted by Gasteiger charge is -2.20. The highest BCUT2D eigenvalue weighted by molar-refractivity contribution is 5.36. The van der Waals surface area contributed by atoms with E-state index in [1.807, 2.05) is 6.07 Å². The summed E-state index contributed by atoms with van der Waals surface area (Å²) in [6, 6.07) is 5.12. The molecule has 0 amide bonds. The van der Waals surface area contributed by atoms with Gasteiger partial charge >= 0.3 is 0 Å². The van der Waals surface area contributed by atoms with Crippen molar-refractivity contribution in [1.29, 1.82) is 0 Å². The van der Waals surface area contributed by atoms with Crippen LogP contribution < -0.4 is 10.9 Å². The van der Waals surface area contributed by atoms with Crippen LogP contribution in [0.1, 0.15) is 24.6 Å². The van der Waals surface area contributed by atoms with Crippen molar-refractivity contribution >= 4 is 5.65 Å². The fourth-order valence-corrected chi connectivity index (χ4v) is 2.21. The van der Waals surface area contributed by atoms with Gasteiger partial charge in [-0.3, -0.25) is 9.89 Å². The van der Waals surface area contributed by atoms with E-state index >= 15 is 0 Å². The lowest BCUT2D eigenvalue weighted by Crippen LogP contribution is -2.29. The van der Waals surface area contributed by atoms with Crippen molar-refractivity contribution in [2.45, 2.75) is 18.8 Å². The van der Waals surface area contributed by atoms with Gasteiger partial charge < -0.3 is 5.32 Å². The molecule has 0 radical (unpaired) electrons. The molecule has 5 nitrogen and oxygen atoms in total. The smallest absolute Gasteiger partial charge is 0.271 e. The maximum atomic E-state index is 11.6. The van der Waals surface area contributed by atoms with Crippen LogP contribution in [0.5, 0.6) is 0 Å². The van der Waals surface area contributed by atoms with E-state index in [1.54, 1.807) is 6.07 Å². The fourth-order valence-electron chi connectivity index (χ4n) is 2.21. The van der Waals surface area contributed by atoms with Gasteiger partial charge in [0.25, 0.3) is 5.56 Å². The molecule has 3 heterocycles. The summed E-state index contributed by atoms with van der Waals surface area (Å²) in [7, 11) is 0. The zero-order chi connectivity index (χ0) is 11.0. The predicted octanol–water partition coefficient (Wildman–Crippen LogP) is 0.490. The largest absolute Gasteiger partial charge is 0.316 e. The Morgan fingerprint density at radius 1 is 1.44 bits per heavy atom. The van der Waals surface area contributed by atoms with E-state index in [0.29, 0.717) is 11.6 Å². The first kappa shape index (κ1) is 9.59. The number of nitrogens with one attached hydrogen (secondary N) is 2. The number of hydrogen-bond donors (Lipinski definition) is 2. The maximum Gasteiger partial charge on any atom is 0.271 e. The number of piperidine rings is 1. The molecule has 2 aromatic heterocycles. The molecule has 0 bridgehead atoms. The molecule has 1 aliphatic heterocycles. The zero-order valence-corrected chi connectivity index (χ0v) is 8.94. The van der Waals surface area contributed by atoms with E-state index in [4.69, 9.17) is 0 Å². The van der Waals surface area contributed by atoms with E-state index in [9.17, 15) is 4.79 Å². The van der Waals surface area contributed by atoms with E-state index in [2.05, 4.69) is 15.4 Å². The monoisotopic (exact) mass is 218 g/mol. The SMILES string of the molecule is O=c1cccc2nc(C3CCCNC3)[nH]n12. The first-order valence-corrected chi connectivity index (χ1v) is 5.63. The molecule has 0 saturated carbocycles. The van der Waals surface area contributed by atoms with Gasteiger partial charge in [-0.1, -0.05) is 6.07 Å². The third-order valence-electron chi connectivity index (χ3n) is 3.08. The second kappa shape index (κ2) is 3.75. The van der Waals surface area contributed by atoms with Crippen molar-refractivity contribution in [1.82, 2.24) is 19.9 Å². The minimum Gasteiger partial charge on any atom is -0.316 e. The summed E-state index contributed by atoms with van der Waals surface area (Å²) in [5, 5.41) is 6.43. The second-order valence-corrected chi connectivity index (χ2v) is 4.21. The van der Waals surface area contributed by atoms with Crippen molar-refractivity contribution in [3.63, 3.8) is 0 Å². The molecule has 0 spiro atoms. The lowest BCUT2D eigenvalue weighted by molar-refractivity contribution is 0.446. The predicted molar refractivity (Wildman–Crippen MR) is 60.7 cm³/mol. The molecule has 0 aromatic carbocycles. The van der Waals surface area contributed by atoms with Crippen molar-refractivity contribution in [2.24, 2.45) is 0 Å². The highest BCUT2D eigenvalue weighted by Gasteiger charge is 2.18. The minimum atomic E-state index is -0.0555. The number of H-pyrrole nitrogens is 1. The van der Waals surface area contributed by atoms with Crippen molar-refractivity contribution in [3.05, 3.63) is 34.4 Å². The van der Waals surface area contributed by atoms with Crippen LogP contribution in [0.4, 0.5) is 0 Å². The molecule has 0 aliphatic carbocycles. The number of hydrogen-bond acceptors (Lipinski definition) is 3. The van der Waals surface area contributed by atoms with Gasteiger partial charge in [-0.15, -0.1) is 0 Å². The number of rotatable bonds is 1. The van der Waals surface area contributed by atoms with Crippen LogP contribution in [-0.4, -0.2) is 27.7 Å². The van der Waals surface area contributed by atoms with E-state index in [-0.39, 0.29) is 5.56 Å². The van der Waals surface area contributed by atoms with Gasteiger partial charge in [0.1, 0.15) is 5.82 Å². The van der Waals surface area contributed by atoms with Crippen molar-refractivity contribution in [3.8, 4) is 0 Å². The summed E-state index contributed by atoms with van der Waals surface area (Å²) in [5.74, 6) is 1.31. The van der Waals surface area contributed by atoms with Crippen LogP contribution in [0.3, 0.4) is 0 Å². The maximum absolute atomic E-state index is 11.6. The van der Waals surface area contributed by atoms with Crippen LogP contribution in [0, 0.1) is 0 Å². The molecule has 16 heavy (non-hydrogen) atoms. The Kier molecular flexibility index (Phi) is 2.25. The van der Waals surface area contributed by atoms with Gasteiger partial charge in [0, 0.05) is 18.5 Å². The van der Waals surface area contributed by atoms with Crippen molar-refractivity contribution < 1.29 is 0 Å². The number of aromatic nitrogens is 3. The van der Waals surface area contributed by atoms with Gasteiger partial charge in [0.2, 0.25) is 0 Å². The minimum absolute atomic E-state index is 0.0555. The Morgan fingerprint density at radius 3 is 3.12 bits per heavy atom. The topological polar surface area (TPSA) is 62.2 Å². The van der Waals surface area contributed by atoms with Gasteiger partial charge in [-0.05, 0) is 25.5 Å². The Balaban J connectivity index is 2.04. The summed E-state index contributed by atoms with van der Waals surface area (Å²) in [4.78, 5) is 16.0. The summed E-state index contributed by atoms with van der Waals surface area (Å²) in [6.45, 7) is 2.02. The van der Waals surface area contributed by atoms with Crippen LogP contribution in [0.15, 0.2) is 23.0 Å². The third kappa shape index (κ3) is 1.53. The summed E-state index contributed by atoms with van der Waals surface area (Å²) in [6.07, 6.45) is 2.29. The Labute approximate surface area is 92.5 Å². The molecule has 1 saturated heterocycles. The number of pyridine rings is 1. The van der Waals surface area contributed by atoms with Crippen LogP contribution in [0.25, 0.3) is 5.65 Å². The first-order valence-electron chi connectivity index (χ1n) is 5.63. The molecule has 84 valence electrons. The van der Waals surface area contributed by atoms with Crippen LogP contribution in [0.2, 0.25) is 0 Å². The number of fused-ring (bicyclic) bond motifs is 1. The lowest BCUT2D eigenvalue weighted by atomic mass is 9.99.